The Labute approximate surface area is 87.6 Å². The Hall–Kier alpha value is -1.56. The van der Waals surface area contributed by atoms with Gasteiger partial charge in [0.25, 0.3) is 5.91 Å². The SMILES string of the molecule is NCC=CCNC(=O)OC1(C(N)=O)CC1. The van der Waals surface area contributed by atoms with Crippen molar-refractivity contribution in [2.24, 2.45) is 11.5 Å². The summed E-state index contributed by atoms with van der Waals surface area (Å²) < 4.78 is 4.90. The van der Waals surface area contributed by atoms with Crippen LogP contribution in [-0.2, 0) is 9.53 Å². The van der Waals surface area contributed by atoms with Crippen molar-refractivity contribution < 1.29 is 14.3 Å². The number of rotatable bonds is 5. The number of nitrogens with two attached hydrogens (primary N) is 2. The summed E-state index contributed by atoms with van der Waals surface area (Å²) in [6.45, 7) is 0.743. The van der Waals surface area contributed by atoms with Crippen molar-refractivity contribution >= 4 is 12.0 Å². The number of primary amides is 1. The average Bonchev–Trinajstić information content (AvgIpc) is 2.93. The second-order valence-electron chi connectivity index (χ2n) is 3.34. The van der Waals surface area contributed by atoms with Crippen LogP contribution in [0.3, 0.4) is 0 Å². The molecule has 1 rings (SSSR count). The number of nitrogens with one attached hydrogen (secondary N) is 1. The second-order valence-corrected chi connectivity index (χ2v) is 3.34. The summed E-state index contributed by atoms with van der Waals surface area (Å²) in [6.07, 6.45) is 3.79. The molecule has 1 aliphatic carbocycles. The topological polar surface area (TPSA) is 107 Å². The lowest BCUT2D eigenvalue weighted by molar-refractivity contribution is -0.128. The van der Waals surface area contributed by atoms with E-state index in [1.165, 1.54) is 0 Å². The standard InChI is InChI=1S/C9H15N3O3/c10-5-1-2-6-12-8(14)15-9(3-4-9)7(11)13/h1-2H,3-6,10H2,(H2,11,13)(H,12,14). The fourth-order valence-electron chi connectivity index (χ4n) is 1.05. The number of alkyl carbamates (subject to hydrolysis) is 1. The van der Waals surface area contributed by atoms with Gasteiger partial charge >= 0.3 is 6.09 Å². The van der Waals surface area contributed by atoms with E-state index in [-0.39, 0.29) is 0 Å². The Morgan fingerprint density at radius 2 is 2.07 bits per heavy atom. The maximum Gasteiger partial charge on any atom is 0.408 e. The molecule has 0 aromatic heterocycles. The normalized spacial score (nSPS) is 17.4. The van der Waals surface area contributed by atoms with E-state index in [0.29, 0.717) is 25.9 Å². The number of carbonyl (C=O) groups is 2. The molecule has 0 radical (unpaired) electrons. The first kappa shape index (κ1) is 11.5. The lowest BCUT2D eigenvalue weighted by Crippen LogP contribution is -2.38. The highest BCUT2D eigenvalue weighted by atomic mass is 16.6. The van der Waals surface area contributed by atoms with E-state index in [0.717, 1.165) is 0 Å². The van der Waals surface area contributed by atoms with Gasteiger partial charge in [-0.2, -0.15) is 0 Å². The number of ether oxygens (including phenoxy) is 1. The molecule has 6 nitrogen and oxygen atoms in total. The third kappa shape index (κ3) is 3.25. The molecule has 5 N–H and O–H groups in total. The summed E-state index contributed by atoms with van der Waals surface area (Å²) in [4.78, 5) is 22.0. The van der Waals surface area contributed by atoms with Crippen LogP contribution in [-0.4, -0.2) is 30.7 Å². The van der Waals surface area contributed by atoms with Crippen molar-refractivity contribution in [3.05, 3.63) is 12.2 Å². The Balaban J connectivity index is 2.25. The first-order chi connectivity index (χ1) is 7.10. The van der Waals surface area contributed by atoms with E-state index in [9.17, 15) is 9.59 Å². The fourth-order valence-corrected chi connectivity index (χ4v) is 1.05. The highest BCUT2D eigenvalue weighted by molar-refractivity contribution is 5.89. The molecule has 0 aliphatic heterocycles. The van der Waals surface area contributed by atoms with E-state index in [1.807, 2.05) is 0 Å². The summed E-state index contributed by atoms with van der Waals surface area (Å²) >= 11 is 0. The average molecular weight is 213 g/mol. The highest BCUT2D eigenvalue weighted by Gasteiger charge is 2.52. The van der Waals surface area contributed by atoms with Gasteiger partial charge in [-0.25, -0.2) is 4.79 Å². The minimum atomic E-state index is -1.05. The molecule has 0 unspecified atom stereocenters. The molecule has 84 valence electrons. The maximum absolute atomic E-state index is 11.2. The predicted octanol–water partition coefficient (Wildman–Crippen LogP) is -0.755. The second kappa shape index (κ2) is 4.79. The molecule has 0 spiro atoms. The minimum Gasteiger partial charge on any atom is -0.433 e. The first-order valence-corrected chi connectivity index (χ1v) is 4.72. The van der Waals surface area contributed by atoms with Gasteiger partial charge in [-0.3, -0.25) is 4.79 Å². The summed E-state index contributed by atoms with van der Waals surface area (Å²) in [6, 6.07) is 0. The summed E-state index contributed by atoms with van der Waals surface area (Å²) in [7, 11) is 0. The molecule has 0 aromatic carbocycles. The molecule has 0 heterocycles. The molecule has 0 saturated heterocycles. The molecule has 15 heavy (non-hydrogen) atoms. The monoisotopic (exact) mass is 213 g/mol. The van der Waals surface area contributed by atoms with Crippen LogP contribution in [0.4, 0.5) is 4.79 Å². The Bertz CT molecular complexity index is 284. The Morgan fingerprint density at radius 1 is 1.40 bits per heavy atom. The minimum absolute atomic E-state index is 0.324. The zero-order valence-electron chi connectivity index (χ0n) is 8.36. The van der Waals surface area contributed by atoms with Crippen LogP contribution in [0.1, 0.15) is 12.8 Å². The lowest BCUT2D eigenvalue weighted by atomic mass is 10.3. The van der Waals surface area contributed by atoms with E-state index in [2.05, 4.69) is 5.32 Å². The Kier molecular flexibility index (Phi) is 3.68. The predicted molar refractivity (Wildman–Crippen MR) is 53.8 cm³/mol. The maximum atomic E-state index is 11.2. The zero-order chi connectivity index (χ0) is 11.3. The molecule has 6 heteroatoms. The largest absolute Gasteiger partial charge is 0.433 e. The van der Waals surface area contributed by atoms with Crippen LogP contribution >= 0.6 is 0 Å². The van der Waals surface area contributed by atoms with Gasteiger partial charge in [-0.1, -0.05) is 12.2 Å². The number of carbonyl (C=O) groups excluding carboxylic acids is 2. The summed E-state index contributed by atoms with van der Waals surface area (Å²) in [5.74, 6) is -0.588. The number of hydrogen-bond acceptors (Lipinski definition) is 4. The highest BCUT2D eigenvalue weighted by Crippen LogP contribution is 2.39. The van der Waals surface area contributed by atoms with Crippen molar-refractivity contribution in [3.8, 4) is 0 Å². The molecule has 0 atom stereocenters. The van der Waals surface area contributed by atoms with Gasteiger partial charge in [0.2, 0.25) is 0 Å². The third-order valence-corrected chi connectivity index (χ3v) is 2.11. The summed E-state index contributed by atoms with van der Waals surface area (Å²) in [5, 5.41) is 2.46. The van der Waals surface area contributed by atoms with Gasteiger partial charge in [-0.05, 0) is 0 Å². The van der Waals surface area contributed by atoms with Gasteiger partial charge in [-0.15, -0.1) is 0 Å². The van der Waals surface area contributed by atoms with Crippen molar-refractivity contribution in [2.45, 2.75) is 18.4 Å². The van der Waals surface area contributed by atoms with Crippen LogP contribution in [0.5, 0.6) is 0 Å². The smallest absolute Gasteiger partial charge is 0.408 e. The van der Waals surface area contributed by atoms with Crippen LogP contribution in [0, 0.1) is 0 Å². The summed E-state index contributed by atoms with van der Waals surface area (Å²) in [5.41, 5.74) is 9.23. The van der Waals surface area contributed by atoms with Crippen LogP contribution < -0.4 is 16.8 Å². The molecule has 0 aromatic rings. The van der Waals surface area contributed by atoms with Gasteiger partial charge in [0.1, 0.15) is 0 Å². The lowest BCUT2D eigenvalue weighted by Gasteiger charge is -2.12. The van der Waals surface area contributed by atoms with E-state index >= 15 is 0 Å². The number of amides is 2. The van der Waals surface area contributed by atoms with E-state index < -0.39 is 17.6 Å². The van der Waals surface area contributed by atoms with Gasteiger partial charge in [0, 0.05) is 25.9 Å². The number of hydrogen-bond donors (Lipinski definition) is 3. The quantitative estimate of drug-likeness (QED) is 0.522. The van der Waals surface area contributed by atoms with Crippen molar-refractivity contribution in [2.75, 3.05) is 13.1 Å². The van der Waals surface area contributed by atoms with Crippen LogP contribution in [0.15, 0.2) is 12.2 Å². The van der Waals surface area contributed by atoms with Gasteiger partial charge in [0.15, 0.2) is 5.60 Å². The van der Waals surface area contributed by atoms with Crippen LogP contribution in [0.2, 0.25) is 0 Å². The van der Waals surface area contributed by atoms with E-state index in [4.69, 9.17) is 16.2 Å². The molecular weight excluding hydrogens is 198 g/mol. The molecule has 1 aliphatic rings. The van der Waals surface area contributed by atoms with E-state index in [1.54, 1.807) is 12.2 Å². The molecule has 1 saturated carbocycles. The third-order valence-electron chi connectivity index (χ3n) is 2.11. The fraction of sp³-hybridized carbons (Fsp3) is 0.556. The zero-order valence-corrected chi connectivity index (χ0v) is 8.36. The molecule has 0 bridgehead atoms. The Morgan fingerprint density at radius 3 is 2.53 bits per heavy atom. The molecule has 2 amide bonds. The first-order valence-electron chi connectivity index (χ1n) is 4.72. The van der Waals surface area contributed by atoms with Gasteiger partial charge in [0.05, 0.1) is 0 Å². The molecule has 1 fully saturated rings. The van der Waals surface area contributed by atoms with Gasteiger partial charge < -0.3 is 21.5 Å². The van der Waals surface area contributed by atoms with Crippen LogP contribution in [0.25, 0.3) is 0 Å². The van der Waals surface area contributed by atoms with Crippen molar-refractivity contribution in [3.63, 3.8) is 0 Å². The van der Waals surface area contributed by atoms with Crippen molar-refractivity contribution in [1.82, 2.24) is 5.32 Å². The molecular formula is C9H15N3O3. The van der Waals surface area contributed by atoms with Crippen molar-refractivity contribution in [1.29, 1.82) is 0 Å².